The van der Waals surface area contributed by atoms with Crippen LogP contribution in [0.5, 0.6) is 0 Å². The van der Waals surface area contributed by atoms with Gasteiger partial charge in [-0.2, -0.15) is 0 Å². The fraction of sp³-hybridized carbons (Fsp3) is 0.100. The minimum absolute atomic E-state index is 0.212. The first-order chi connectivity index (χ1) is 12.5. The van der Waals surface area contributed by atoms with Crippen molar-refractivity contribution in [2.45, 2.75) is 10.9 Å². The Bertz CT molecular complexity index is 931. The highest BCUT2D eigenvalue weighted by atomic mass is 35.5. The van der Waals surface area contributed by atoms with E-state index in [1.54, 1.807) is 42.5 Å². The number of nitrogens with one attached hydrogen (secondary N) is 2. The molecule has 3 rings (SSSR count). The quantitative estimate of drug-likeness (QED) is 0.629. The summed E-state index contributed by atoms with van der Waals surface area (Å²) in [5, 5.41) is 4.01. The highest BCUT2D eigenvalue weighted by molar-refractivity contribution is 7.89. The van der Waals surface area contributed by atoms with Crippen molar-refractivity contribution in [1.82, 2.24) is 4.72 Å². The van der Waals surface area contributed by atoms with Crippen molar-refractivity contribution in [2.24, 2.45) is 0 Å². The lowest BCUT2D eigenvalue weighted by Gasteiger charge is -2.21. The second-order valence-corrected chi connectivity index (χ2v) is 7.98. The Kier molecular flexibility index (Phi) is 5.93. The van der Waals surface area contributed by atoms with Crippen molar-refractivity contribution >= 4 is 27.3 Å². The van der Waals surface area contributed by atoms with E-state index in [4.69, 9.17) is 11.6 Å². The Morgan fingerprint density at radius 1 is 0.808 bits per heavy atom. The van der Waals surface area contributed by atoms with Gasteiger partial charge in [-0.15, -0.1) is 0 Å². The van der Waals surface area contributed by atoms with Crippen molar-refractivity contribution in [3.05, 3.63) is 95.5 Å². The maximum atomic E-state index is 12.5. The summed E-state index contributed by atoms with van der Waals surface area (Å²) in [6.45, 7) is 0.212. The predicted octanol–water partition coefficient (Wildman–Crippen LogP) is 4.47. The zero-order chi connectivity index (χ0) is 18.4. The van der Waals surface area contributed by atoms with Crippen LogP contribution in [-0.4, -0.2) is 15.0 Å². The molecule has 0 aliphatic carbocycles. The molecule has 0 heterocycles. The Morgan fingerprint density at radius 2 is 1.38 bits per heavy atom. The number of hydrogen-bond donors (Lipinski definition) is 2. The number of benzene rings is 3. The molecule has 3 aromatic rings. The molecule has 0 unspecified atom stereocenters. The van der Waals surface area contributed by atoms with Crippen LogP contribution in [0.2, 0.25) is 5.02 Å². The third kappa shape index (κ3) is 4.85. The van der Waals surface area contributed by atoms with Gasteiger partial charge in [0.2, 0.25) is 10.0 Å². The van der Waals surface area contributed by atoms with Crippen molar-refractivity contribution < 1.29 is 8.42 Å². The van der Waals surface area contributed by atoms with Gasteiger partial charge in [-0.3, -0.25) is 0 Å². The Labute approximate surface area is 158 Å². The molecule has 0 saturated heterocycles. The van der Waals surface area contributed by atoms with Crippen LogP contribution in [0.25, 0.3) is 0 Å². The molecule has 4 nitrogen and oxygen atoms in total. The normalized spacial score (nSPS) is 12.5. The smallest absolute Gasteiger partial charge is 0.240 e. The van der Waals surface area contributed by atoms with Gasteiger partial charge >= 0.3 is 0 Å². The van der Waals surface area contributed by atoms with E-state index < -0.39 is 10.0 Å². The van der Waals surface area contributed by atoms with Gasteiger partial charge in [0, 0.05) is 17.3 Å². The second kappa shape index (κ2) is 8.36. The molecular weight excluding hydrogens is 368 g/mol. The van der Waals surface area contributed by atoms with Gasteiger partial charge in [0.05, 0.1) is 10.9 Å². The Hall–Kier alpha value is -2.34. The van der Waals surface area contributed by atoms with E-state index in [2.05, 4.69) is 10.0 Å². The molecule has 1 atom stereocenters. The number of hydrogen-bond acceptors (Lipinski definition) is 3. The molecule has 0 radical (unpaired) electrons. The van der Waals surface area contributed by atoms with Crippen molar-refractivity contribution in [2.75, 3.05) is 11.9 Å². The summed E-state index contributed by atoms with van der Waals surface area (Å²) in [5.41, 5.74) is 1.85. The maximum absolute atomic E-state index is 12.5. The van der Waals surface area contributed by atoms with Gasteiger partial charge in [-0.1, -0.05) is 60.1 Å². The topological polar surface area (TPSA) is 58.2 Å². The third-order valence-corrected chi connectivity index (χ3v) is 5.61. The van der Waals surface area contributed by atoms with Crippen LogP contribution in [0.15, 0.2) is 89.8 Å². The van der Waals surface area contributed by atoms with E-state index in [0.29, 0.717) is 5.02 Å². The van der Waals surface area contributed by atoms with Gasteiger partial charge in [0.25, 0.3) is 0 Å². The fourth-order valence-corrected chi connectivity index (χ4v) is 3.76. The summed E-state index contributed by atoms with van der Waals surface area (Å²) in [6.07, 6.45) is 0. The van der Waals surface area contributed by atoms with Gasteiger partial charge in [-0.05, 0) is 42.0 Å². The average molecular weight is 387 g/mol. The molecule has 134 valence electrons. The summed E-state index contributed by atoms with van der Waals surface area (Å²) in [6, 6.07) is 25.1. The van der Waals surface area contributed by atoms with E-state index in [1.807, 2.05) is 42.5 Å². The largest absolute Gasteiger partial charge is 0.377 e. The van der Waals surface area contributed by atoms with Crippen LogP contribution in [0.4, 0.5) is 5.69 Å². The summed E-state index contributed by atoms with van der Waals surface area (Å²) < 4.78 is 27.7. The average Bonchev–Trinajstić information content (AvgIpc) is 2.68. The molecule has 0 bridgehead atoms. The second-order valence-electron chi connectivity index (χ2n) is 5.78. The Balaban J connectivity index is 1.79. The zero-order valence-electron chi connectivity index (χ0n) is 14.0. The van der Waals surface area contributed by atoms with Crippen LogP contribution in [0, 0.1) is 0 Å². The summed E-state index contributed by atoms with van der Waals surface area (Å²) in [5.74, 6) is 0. The van der Waals surface area contributed by atoms with E-state index in [-0.39, 0.29) is 17.5 Å². The van der Waals surface area contributed by atoms with E-state index >= 15 is 0 Å². The standard InChI is InChI=1S/C20H19ClN2O2S/c21-17-11-13-18(14-12-17)23-20(16-7-3-1-4-8-16)15-22-26(24,25)19-9-5-2-6-10-19/h1-14,20,22-23H,15H2/t20-/m1/s1. The lowest BCUT2D eigenvalue weighted by atomic mass is 10.1. The molecule has 0 aliphatic heterocycles. The summed E-state index contributed by atoms with van der Waals surface area (Å²) in [4.78, 5) is 0.248. The summed E-state index contributed by atoms with van der Waals surface area (Å²) in [7, 11) is -3.57. The maximum Gasteiger partial charge on any atom is 0.240 e. The highest BCUT2D eigenvalue weighted by Gasteiger charge is 2.18. The van der Waals surface area contributed by atoms with E-state index in [1.165, 1.54) is 0 Å². The molecule has 3 aromatic carbocycles. The summed E-state index contributed by atoms with van der Waals surface area (Å²) >= 11 is 5.93. The van der Waals surface area contributed by atoms with Gasteiger partial charge in [-0.25, -0.2) is 13.1 Å². The highest BCUT2D eigenvalue weighted by Crippen LogP contribution is 2.21. The first-order valence-electron chi connectivity index (χ1n) is 8.16. The third-order valence-electron chi connectivity index (χ3n) is 3.92. The van der Waals surface area contributed by atoms with Crippen LogP contribution in [0.3, 0.4) is 0 Å². The van der Waals surface area contributed by atoms with Crippen LogP contribution in [-0.2, 0) is 10.0 Å². The number of rotatable bonds is 7. The van der Waals surface area contributed by atoms with E-state index in [0.717, 1.165) is 11.3 Å². The monoisotopic (exact) mass is 386 g/mol. The molecule has 6 heteroatoms. The molecule has 0 spiro atoms. The first-order valence-corrected chi connectivity index (χ1v) is 10.0. The molecule has 0 aliphatic rings. The van der Waals surface area contributed by atoms with Gasteiger partial charge in [0.1, 0.15) is 0 Å². The molecule has 26 heavy (non-hydrogen) atoms. The molecule has 0 amide bonds. The van der Waals surface area contributed by atoms with Crippen molar-refractivity contribution in [1.29, 1.82) is 0 Å². The molecule has 0 fully saturated rings. The van der Waals surface area contributed by atoms with Crippen LogP contribution < -0.4 is 10.0 Å². The minimum atomic E-state index is -3.57. The lowest BCUT2D eigenvalue weighted by Crippen LogP contribution is -2.31. The SMILES string of the molecule is O=S(=O)(NC[C@@H](Nc1ccc(Cl)cc1)c1ccccc1)c1ccccc1. The Morgan fingerprint density at radius 3 is 2.00 bits per heavy atom. The van der Waals surface area contributed by atoms with Crippen LogP contribution >= 0.6 is 11.6 Å². The van der Waals surface area contributed by atoms with Crippen molar-refractivity contribution in [3.63, 3.8) is 0 Å². The zero-order valence-corrected chi connectivity index (χ0v) is 15.5. The fourth-order valence-electron chi connectivity index (χ4n) is 2.56. The van der Waals surface area contributed by atoms with Gasteiger partial charge < -0.3 is 5.32 Å². The van der Waals surface area contributed by atoms with Crippen molar-refractivity contribution in [3.8, 4) is 0 Å². The number of halogens is 1. The molecule has 2 N–H and O–H groups in total. The predicted molar refractivity (Wildman–Crippen MR) is 106 cm³/mol. The molecule has 0 aromatic heterocycles. The minimum Gasteiger partial charge on any atom is -0.377 e. The lowest BCUT2D eigenvalue weighted by molar-refractivity contribution is 0.576. The van der Waals surface area contributed by atoms with Gasteiger partial charge in [0.15, 0.2) is 0 Å². The van der Waals surface area contributed by atoms with E-state index in [9.17, 15) is 8.42 Å². The number of anilines is 1. The first kappa shape index (κ1) is 18.5. The molecule has 0 saturated carbocycles. The van der Waals surface area contributed by atoms with Crippen LogP contribution in [0.1, 0.15) is 11.6 Å². The molecular formula is C20H19ClN2O2S. The number of sulfonamides is 1.